The minimum Gasteiger partial charge on any atom is -0.348 e. The normalized spacial score (nSPS) is 15.2. The lowest BCUT2D eigenvalue weighted by molar-refractivity contribution is -0.136. The van der Waals surface area contributed by atoms with Crippen LogP contribution in [-0.2, 0) is 22.6 Å². The number of carbonyl (C=O) groups is 2. The van der Waals surface area contributed by atoms with Crippen LogP contribution in [0.4, 0.5) is 5.69 Å². The molecule has 2 N–H and O–H groups in total. The zero-order valence-corrected chi connectivity index (χ0v) is 16.4. The summed E-state index contributed by atoms with van der Waals surface area (Å²) >= 11 is 0. The lowest BCUT2D eigenvalue weighted by Crippen LogP contribution is -2.41. The first-order chi connectivity index (χ1) is 13.7. The van der Waals surface area contributed by atoms with Crippen molar-refractivity contribution in [1.82, 2.24) is 15.2 Å². The maximum absolute atomic E-state index is 12.2. The van der Waals surface area contributed by atoms with E-state index in [-0.39, 0.29) is 0 Å². The number of piperidine rings is 1. The first-order valence-electron chi connectivity index (χ1n) is 9.95. The van der Waals surface area contributed by atoms with E-state index in [1.807, 2.05) is 55.6 Å². The molecule has 6 heteroatoms. The summed E-state index contributed by atoms with van der Waals surface area (Å²) in [7, 11) is 0. The molecule has 1 aliphatic rings. The van der Waals surface area contributed by atoms with Crippen LogP contribution in [0.2, 0.25) is 0 Å². The maximum atomic E-state index is 12.2. The van der Waals surface area contributed by atoms with E-state index in [1.165, 1.54) is 0 Å². The predicted molar refractivity (Wildman–Crippen MR) is 110 cm³/mol. The Hall–Kier alpha value is -2.73. The summed E-state index contributed by atoms with van der Waals surface area (Å²) in [6.45, 7) is 5.38. The summed E-state index contributed by atoms with van der Waals surface area (Å²) in [5.41, 5.74) is 2.80. The quantitative estimate of drug-likeness (QED) is 0.756. The number of aromatic nitrogens is 1. The summed E-state index contributed by atoms with van der Waals surface area (Å²) in [6.07, 6.45) is 4.64. The summed E-state index contributed by atoms with van der Waals surface area (Å²) in [5, 5.41) is 5.51. The highest BCUT2D eigenvalue weighted by molar-refractivity contribution is 6.39. The van der Waals surface area contributed by atoms with Crippen LogP contribution in [-0.4, -0.2) is 41.3 Å². The van der Waals surface area contributed by atoms with Crippen LogP contribution in [0.3, 0.4) is 0 Å². The minimum absolute atomic E-state index is 0.402. The van der Waals surface area contributed by atoms with Gasteiger partial charge < -0.3 is 10.6 Å². The Morgan fingerprint density at radius 3 is 2.54 bits per heavy atom. The van der Waals surface area contributed by atoms with Crippen LogP contribution < -0.4 is 10.6 Å². The van der Waals surface area contributed by atoms with Gasteiger partial charge in [0, 0.05) is 25.0 Å². The molecular formula is C22H28N4O2. The van der Waals surface area contributed by atoms with Gasteiger partial charge >= 0.3 is 11.8 Å². The van der Waals surface area contributed by atoms with Crippen LogP contribution in [0.5, 0.6) is 0 Å². The molecule has 3 rings (SSSR count). The fourth-order valence-corrected chi connectivity index (χ4v) is 3.52. The second kappa shape index (κ2) is 9.99. The number of likely N-dealkylation sites (tertiary alicyclic amines) is 1. The molecule has 148 valence electrons. The van der Waals surface area contributed by atoms with Crippen molar-refractivity contribution in [3.05, 3.63) is 59.9 Å². The van der Waals surface area contributed by atoms with E-state index in [9.17, 15) is 9.59 Å². The van der Waals surface area contributed by atoms with E-state index >= 15 is 0 Å². The Morgan fingerprint density at radius 2 is 1.82 bits per heavy atom. The SMILES string of the molecule is CCc1ccccc1NC(=O)C(=O)NCC1CCN(Cc2ccccn2)CC1. The zero-order valence-electron chi connectivity index (χ0n) is 16.4. The van der Waals surface area contributed by atoms with Crippen molar-refractivity contribution < 1.29 is 9.59 Å². The fourth-order valence-electron chi connectivity index (χ4n) is 3.52. The van der Waals surface area contributed by atoms with Gasteiger partial charge in [0.05, 0.1) is 5.69 Å². The van der Waals surface area contributed by atoms with Gasteiger partial charge in [0.25, 0.3) is 0 Å². The number of para-hydroxylation sites is 1. The van der Waals surface area contributed by atoms with Crippen LogP contribution >= 0.6 is 0 Å². The Balaban J connectivity index is 1.40. The average molecular weight is 380 g/mol. The number of nitrogens with one attached hydrogen (secondary N) is 2. The molecule has 0 aliphatic carbocycles. The van der Waals surface area contributed by atoms with E-state index in [4.69, 9.17) is 0 Å². The highest BCUT2D eigenvalue weighted by atomic mass is 16.2. The van der Waals surface area contributed by atoms with E-state index < -0.39 is 11.8 Å². The smallest absolute Gasteiger partial charge is 0.313 e. The number of carbonyl (C=O) groups excluding carboxylic acids is 2. The molecule has 1 saturated heterocycles. The van der Waals surface area contributed by atoms with Crippen molar-refractivity contribution in [2.45, 2.75) is 32.7 Å². The summed E-state index contributed by atoms with van der Waals surface area (Å²) in [4.78, 5) is 31.1. The van der Waals surface area contributed by atoms with Crippen molar-refractivity contribution in [3.8, 4) is 0 Å². The highest BCUT2D eigenvalue weighted by Gasteiger charge is 2.22. The molecule has 1 aromatic heterocycles. The highest BCUT2D eigenvalue weighted by Crippen LogP contribution is 2.18. The van der Waals surface area contributed by atoms with Gasteiger partial charge in [0.1, 0.15) is 0 Å². The monoisotopic (exact) mass is 380 g/mol. The third kappa shape index (κ3) is 5.63. The first-order valence-corrected chi connectivity index (χ1v) is 9.95. The van der Waals surface area contributed by atoms with Crippen molar-refractivity contribution >= 4 is 17.5 Å². The number of nitrogens with zero attached hydrogens (tertiary/aromatic N) is 2. The van der Waals surface area contributed by atoms with Gasteiger partial charge in [0.15, 0.2) is 0 Å². The molecule has 0 unspecified atom stereocenters. The zero-order chi connectivity index (χ0) is 19.8. The molecule has 0 spiro atoms. The molecule has 1 aromatic carbocycles. The number of hydrogen-bond donors (Lipinski definition) is 2. The van der Waals surface area contributed by atoms with Crippen LogP contribution in [0.1, 0.15) is 31.0 Å². The molecule has 0 bridgehead atoms. The molecule has 1 fully saturated rings. The molecule has 2 aromatic rings. The number of rotatable bonds is 6. The van der Waals surface area contributed by atoms with E-state index in [2.05, 4.69) is 20.5 Å². The number of aryl methyl sites for hydroxylation is 1. The molecule has 0 saturated carbocycles. The molecule has 28 heavy (non-hydrogen) atoms. The Kier molecular flexibility index (Phi) is 7.14. The van der Waals surface area contributed by atoms with E-state index in [0.29, 0.717) is 18.2 Å². The van der Waals surface area contributed by atoms with E-state index in [0.717, 1.165) is 50.2 Å². The van der Waals surface area contributed by atoms with Gasteiger partial charge in [-0.2, -0.15) is 0 Å². The number of anilines is 1. The third-order valence-electron chi connectivity index (χ3n) is 5.22. The third-order valence-corrected chi connectivity index (χ3v) is 5.22. The molecule has 6 nitrogen and oxygen atoms in total. The fraction of sp³-hybridized carbons (Fsp3) is 0.409. The van der Waals surface area contributed by atoms with Crippen molar-refractivity contribution in [1.29, 1.82) is 0 Å². The van der Waals surface area contributed by atoms with Gasteiger partial charge in [-0.15, -0.1) is 0 Å². The minimum atomic E-state index is -0.603. The van der Waals surface area contributed by atoms with Gasteiger partial charge in [-0.25, -0.2) is 0 Å². The lowest BCUT2D eigenvalue weighted by atomic mass is 9.96. The molecule has 1 aliphatic heterocycles. The summed E-state index contributed by atoms with van der Waals surface area (Å²) in [6, 6.07) is 13.5. The van der Waals surface area contributed by atoms with Crippen LogP contribution in [0, 0.1) is 5.92 Å². The summed E-state index contributed by atoms with van der Waals surface area (Å²) < 4.78 is 0. The van der Waals surface area contributed by atoms with Crippen molar-refractivity contribution in [3.63, 3.8) is 0 Å². The van der Waals surface area contributed by atoms with Crippen LogP contribution in [0.15, 0.2) is 48.7 Å². The second-order valence-electron chi connectivity index (χ2n) is 7.22. The number of pyridine rings is 1. The van der Waals surface area contributed by atoms with Gasteiger partial charge in [-0.05, 0) is 62.0 Å². The molecular weight excluding hydrogens is 352 g/mol. The first kappa shape index (κ1) is 20.0. The number of hydrogen-bond acceptors (Lipinski definition) is 4. The predicted octanol–water partition coefficient (Wildman–Crippen LogP) is 2.61. The summed E-state index contributed by atoms with van der Waals surface area (Å²) in [5.74, 6) is -0.769. The lowest BCUT2D eigenvalue weighted by Gasteiger charge is -2.31. The van der Waals surface area contributed by atoms with Gasteiger partial charge in [0.2, 0.25) is 0 Å². The maximum Gasteiger partial charge on any atom is 0.313 e. The Morgan fingerprint density at radius 1 is 1.07 bits per heavy atom. The Bertz CT molecular complexity index is 786. The molecule has 0 radical (unpaired) electrons. The van der Waals surface area contributed by atoms with Crippen LogP contribution in [0.25, 0.3) is 0 Å². The topological polar surface area (TPSA) is 74.3 Å². The van der Waals surface area contributed by atoms with Gasteiger partial charge in [-0.1, -0.05) is 31.2 Å². The number of amides is 2. The number of benzene rings is 1. The van der Waals surface area contributed by atoms with Crippen molar-refractivity contribution in [2.75, 3.05) is 25.0 Å². The standard InChI is InChI=1S/C22H28N4O2/c1-2-18-7-3-4-9-20(18)25-22(28)21(27)24-15-17-10-13-26(14-11-17)16-19-8-5-6-12-23-19/h3-9,12,17H,2,10-11,13-16H2,1H3,(H,24,27)(H,25,28). The molecule has 2 amide bonds. The van der Waals surface area contributed by atoms with Gasteiger partial charge in [-0.3, -0.25) is 19.5 Å². The van der Waals surface area contributed by atoms with Crippen molar-refractivity contribution in [2.24, 2.45) is 5.92 Å². The average Bonchev–Trinajstić information content (AvgIpc) is 2.74. The largest absolute Gasteiger partial charge is 0.348 e. The second-order valence-corrected chi connectivity index (χ2v) is 7.22. The molecule has 0 atom stereocenters. The van der Waals surface area contributed by atoms with E-state index in [1.54, 1.807) is 0 Å². The molecule has 2 heterocycles. The Labute approximate surface area is 166 Å².